The number of aryl methyl sites for hydroxylation is 1. The number of nitrogens with one attached hydrogen (secondary N) is 1. The maximum absolute atomic E-state index is 5.22. The van der Waals surface area contributed by atoms with E-state index < -0.39 is 0 Å². The third-order valence-electron chi connectivity index (χ3n) is 2.65. The molecular weight excluding hydrogens is 292 g/mol. The molecule has 0 saturated heterocycles. The highest BCUT2D eigenvalue weighted by molar-refractivity contribution is 9.10. The predicted molar refractivity (Wildman–Crippen MR) is 77.0 cm³/mol. The van der Waals surface area contributed by atoms with Crippen LogP contribution in [0.1, 0.15) is 11.3 Å². The van der Waals surface area contributed by atoms with Crippen LogP contribution in [0.5, 0.6) is 5.75 Å². The van der Waals surface area contributed by atoms with Crippen molar-refractivity contribution in [3.8, 4) is 5.75 Å². The van der Waals surface area contributed by atoms with E-state index in [1.807, 2.05) is 43.5 Å². The number of aromatic nitrogens is 1. The van der Waals surface area contributed by atoms with Crippen molar-refractivity contribution in [1.29, 1.82) is 0 Å². The van der Waals surface area contributed by atoms with E-state index in [1.54, 1.807) is 7.11 Å². The Morgan fingerprint density at radius 1 is 1.28 bits per heavy atom. The van der Waals surface area contributed by atoms with Gasteiger partial charge in [-0.2, -0.15) is 0 Å². The third kappa shape index (κ3) is 3.23. The van der Waals surface area contributed by atoms with Crippen molar-refractivity contribution >= 4 is 21.6 Å². The molecule has 18 heavy (non-hydrogen) atoms. The zero-order valence-electron chi connectivity index (χ0n) is 10.4. The smallest absolute Gasteiger partial charge is 0.119 e. The molecule has 1 aromatic carbocycles. The van der Waals surface area contributed by atoms with Crippen LogP contribution in [0.3, 0.4) is 0 Å². The van der Waals surface area contributed by atoms with Gasteiger partial charge in [0.05, 0.1) is 19.0 Å². The molecule has 1 heterocycles. The predicted octanol–water partition coefficient (Wildman–Crippen LogP) is 3.77. The summed E-state index contributed by atoms with van der Waals surface area (Å²) in [6, 6.07) is 9.95. The van der Waals surface area contributed by atoms with Crippen LogP contribution in [0, 0.1) is 6.92 Å². The lowest BCUT2D eigenvalue weighted by Gasteiger charge is -2.09. The molecular formula is C14H15BrN2O. The molecule has 1 N–H and O–H groups in total. The van der Waals surface area contributed by atoms with E-state index in [0.717, 1.165) is 33.7 Å². The first kappa shape index (κ1) is 12.9. The first-order valence-corrected chi connectivity index (χ1v) is 6.47. The summed E-state index contributed by atoms with van der Waals surface area (Å²) in [5.74, 6) is 0.858. The number of ether oxygens (including phenoxy) is 1. The molecule has 0 bridgehead atoms. The summed E-state index contributed by atoms with van der Waals surface area (Å²) in [5, 5.41) is 3.33. The van der Waals surface area contributed by atoms with Crippen molar-refractivity contribution in [1.82, 2.24) is 4.98 Å². The second-order valence-corrected chi connectivity index (χ2v) is 4.85. The van der Waals surface area contributed by atoms with E-state index in [2.05, 4.69) is 26.2 Å². The van der Waals surface area contributed by atoms with E-state index in [-0.39, 0.29) is 0 Å². The van der Waals surface area contributed by atoms with Gasteiger partial charge in [0, 0.05) is 16.7 Å². The molecule has 4 heteroatoms. The lowest BCUT2D eigenvalue weighted by atomic mass is 10.2. The van der Waals surface area contributed by atoms with Crippen molar-refractivity contribution in [2.75, 3.05) is 12.4 Å². The minimum absolute atomic E-state index is 0.725. The molecule has 2 rings (SSSR count). The molecule has 94 valence electrons. The standard InChI is InChI=1S/C14H15BrN2O/c1-10-3-4-12(9-16-10)17-8-11-7-13(18-2)5-6-14(11)15/h3-7,9,17H,8H2,1-2H3. The summed E-state index contributed by atoms with van der Waals surface area (Å²) in [4.78, 5) is 4.25. The Kier molecular flexibility index (Phi) is 4.20. The van der Waals surface area contributed by atoms with Crippen LogP contribution in [0.15, 0.2) is 41.0 Å². The van der Waals surface area contributed by atoms with Gasteiger partial charge in [-0.15, -0.1) is 0 Å². The topological polar surface area (TPSA) is 34.1 Å². The lowest BCUT2D eigenvalue weighted by molar-refractivity contribution is 0.414. The molecule has 0 amide bonds. The van der Waals surface area contributed by atoms with Gasteiger partial charge in [0.2, 0.25) is 0 Å². The number of rotatable bonds is 4. The summed E-state index contributed by atoms with van der Waals surface area (Å²) in [6.45, 7) is 2.70. The summed E-state index contributed by atoms with van der Waals surface area (Å²) < 4.78 is 6.28. The number of nitrogens with zero attached hydrogens (tertiary/aromatic N) is 1. The maximum atomic E-state index is 5.22. The first-order chi connectivity index (χ1) is 8.69. The zero-order chi connectivity index (χ0) is 13.0. The summed E-state index contributed by atoms with van der Waals surface area (Å²) in [5.41, 5.74) is 3.17. The fourth-order valence-corrected chi connectivity index (χ4v) is 1.97. The van der Waals surface area contributed by atoms with Gasteiger partial charge in [-0.3, -0.25) is 4.98 Å². The fraction of sp³-hybridized carbons (Fsp3) is 0.214. The highest BCUT2D eigenvalue weighted by Crippen LogP contribution is 2.23. The maximum Gasteiger partial charge on any atom is 0.119 e. The molecule has 0 spiro atoms. The van der Waals surface area contributed by atoms with Crippen LogP contribution >= 0.6 is 15.9 Å². The molecule has 0 saturated carbocycles. The average Bonchev–Trinajstić information content (AvgIpc) is 2.40. The van der Waals surface area contributed by atoms with Crippen LogP contribution in [0.25, 0.3) is 0 Å². The van der Waals surface area contributed by atoms with E-state index >= 15 is 0 Å². The Labute approximate surface area is 115 Å². The molecule has 0 atom stereocenters. The van der Waals surface area contributed by atoms with E-state index in [9.17, 15) is 0 Å². The Bertz CT molecular complexity index is 526. The van der Waals surface area contributed by atoms with Crippen molar-refractivity contribution in [2.45, 2.75) is 13.5 Å². The van der Waals surface area contributed by atoms with Gasteiger partial charge in [0.25, 0.3) is 0 Å². The van der Waals surface area contributed by atoms with Crippen LogP contribution in [0.4, 0.5) is 5.69 Å². The van der Waals surface area contributed by atoms with Crippen molar-refractivity contribution in [3.05, 3.63) is 52.3 Å². The van der Waals surface area contributed by atoms with Gasteiger partial charge < -0.3 is 10.1 Å². The Morgan fingerprint density at radius 3 is 2.78 bits per heavy atom. The molecule has 0 unspecified atom stereocenters. The van der Waals surface area contributed by atoms with Gasteiger partial charge in [-0.25, -0.2) is 0 Å². The molecule has 1 aromatic heterocycles. The molecule has 2 aromatic rings. The second-order valence-electron chi connectivity index (χ2n) is 4.00. The zero-order valence-corrected chi connectivity index (χ0v) is 12.0. The molecule has 0 aliphatic carbocycles. The van der Waals surface area contributed by atoms with Crippen molar-refractivity contribution in [3.63, 3.8) is 0 Å². The van der Waals surface area contributed by atoms with Gasteiger partial charge >= 0.3 is 0 Å². The normalized spacial score (nSPS) is 10.2. The molecule has 0 radical (unpaired) electrons. The monoisotopic (exact) mass is 306 g/mol. The quantitative estimate of drug-likeness (QED) is 0.933. The number of pyridine rings is 1. The average molecular weight is 307 g/mol. The van der Waals surface area contributed by atoms with E-state index in [0.29, 0.717) is 0 Å². The molecule has 0 fully saturated rings. The SMILES string of the molecule is COc1ccc(Br)c(CNc2ccc(C)nc2)c1. The summed E-state index contributed by atoms with van der Waals surface area (Å²) in [7, 11) is 1.67. The van der Waals surface area contributed by atoms with Gasteiger partial charge in [0.15, 0.2) is 0 Å². The van der Waals surface area contributed by atoms with Crippen molar-refractivity contribution in [2.24, 2.45) is 0 Å². The van der Waals surface area contributed by atoms with Crippen LogP contribution in [0.2, 0.25) is 0 Å². The fourth-order valence-electron chi connectivity index (χ4n) is 1.58. The Morgan fingerprint density at radius 2 is 2.11 bits per heavy atom. The number of hydrogen-bond acceptors (Lipinski definition) is 3. The number of hydrogen-bond donors (Lipinski definition) is 1. The highest BCUT2D eigenvalue weighted by atomic mass is 79.9. The van der Waals surface area contributed by atoms with Crippen molar-refractivity contribution < 1.29 is 4.74 Å². The van der Waals surface area contributed by atoms with Crippen LogP contribution in [-0.2, 0) is 6.54 Å². The Hall–Kier alpha value is -1.55. The van der Waals surface area contributed by atoms with Gasteiger partial charge in [0.1, 0.15) is 5.75 Å². The van der Waals surface area contributed by atoms with Gasteiger partial charge in [-0.1, -0.05) is 15.9 Å². The number of benzene rings is 1. The minimum Gasteiger partial charge on any atom is -0.497 e. The van der Waals surface area contributed by atoms with Crippen LogP contribution in [-0.4, -0.2) is 12.1 Å². The third-order valence-corrected chi connectivity index (χ3v) is 3.42. The molecule has 0 aliphatic rings. The summed E-state index contributed by atoms with van der Waals surface area (Å²) in [6.07, 6.45) is 1.84. The minimum atomic E-state index is 0.725. The molecule has 3 nitrogen and oxygen atoms in total. The van der Waals surface area contributed by atoms with E-state index in [4.69, 9.17) is 4.74 Å². The lowest BCUT2D eigenvalue weighted by Crippen LogP contribution is -2.01. The second kappa shape index (κ2) is 5.87. The highest BCUT2D eigenvalue weighted by Gasteiger charge is 2.02. The van der Waals surface area contributed by atoms with E-state index in [1.165, 1.54) is 0 Å². The van der Waals surface area contributed by atoms with Crippen LogP contribution < -0.4 is 10.1 Å². The number of methoxy groups -OCH3 is 1. The summed E-state index contributed by atoms with van der Waals surface area (Å²) >= 11 is 3.53. The number of halogens is 1. The largest absolute Gasteiger partial charge is 0.497 e. The number of anilines is 1. The Balaban J connectivity index is 2.07. The molecule has 0 aliphatic heterocycles. The first-order valence-electron chi connectivity index (χ1n) is 5.68. The van der Waals surface area contributed by atoms with Gasteiger partial charge in [-0.05, 0) is 42.8 Å².